The van der Waals surface area contributed by atoms with Gasteiger partial charge < -0.3 is 28.1 Å². The van der Waals surface area contributed by atoms with Gasteiger partial charge in [0.25, 0.3) is 0 Å². The summed E-state index contributed by atoms with van der Waals surface area (Å²) >= 11 is 2.35. The van der Waals surface area contributed by atoms with Crippen LogP contribution in [0.4, 0.5) is 4.39 Å². The minimum Gasteiger partial charge on any atom is -0.492 e. The third-order valence-corrected chi connectivity index (χ3v) is 6.98. The highest BCUT2D eigenvalue weighted by molar-refractivity contribution is 14.1. The van der Waals surface area contributed by atoms with E-state index in [0.717, 1.165) is 29.5 Å². The van der Waals surface area contributed by atoms with Gasteiger partial charge in [-0.25, -0.2) is 4.39 Å². The minimum absolute atomic E-state index is 0.147. The lowest BCUT2D eigenvalue weighted by Crippen LogP contribution is -2.31. The highest BCUT2D eigenvalue weighted by Crippen LogP contribution is 2.35. The van der Waals surface area contributed by atoms with E-state index < -0.39 is 7.12 Å². The molecule has 32 heavy (non-hydrogen) atoms. The van der Waals surface area contributed by atoms with Gasteiger partial charge in [-0.2, -0.15) is 0 Å². The lowest BCUT2D eigenvalue weighted by atomic mass is 9.77. The summed E-state index contributed by atoms with van der Waals surface area (Å²) < 4.78 is 49.0. The SMILES string of the molecule is CCC1OB2OCCOc3ccc(F)c1c32.CC[C@H]1OB2OCCOc3ccc(I)c1c32. The average molecular weight is 552 g/mol. The number of hydrogen-bond acceptors (Lipinski definition) is 6. The van der Waals surface area contributed by atoms with E-state index in [2.05, 4.69) is 35.6 Å². The number of benzene rings is 2. The molecule has 2 aromatic rings. The molecule has 0 spiro atoms. The van der Waals surface area contributed by atoms with Crippen LogP contribution < -0.4 is 20.4 Å². The monoisotopic (exact) mass is 552 g/mol. The van der Waals surface area contributed by atoms with Gasteiger partial charge in [0.2, 0.25) is 0 Å². The van der Waals surface area contributed by atoms with Gasteiger partial charge in [0.05, 0.1) is 25.4 Å². The predicted octanol–water partition coefficient (Wildman–Crippen LogP) is 3.29. The van der Waals surface area contributed by atoms with Gasteiger partial charge in [-0.3, -0.25) is 0 Å². The van der Waals surface area contributed by atoms with Crippen LogP contribution >= 0.6 is 22.6 Å². The number of hydrogen-bond donors (Lipinski definition) is 0. The van der Waals surface area contributed by atoms with Gasteiger partial charge in [-0.1, -0.05) is 13.8 Å². The maximum absolute atomic E-state index is 13.8. The summed E-state index contributed by atoms with van der Waals surface area (Å²) in [4.78, 5) is 0. The highest BCUT2D eigenvalue weighted by Gasteiger charge is 2.43. The topological polar surface area (TPSA) is 55.4 Å². The highest BCUT2D eigenvalue weighted by atomic mass is 127. The van der Waals surface area contributed by atoms with Gasteiger partial charge in [0.1, 0.15) is 30.5 Å². The Morgan fingerprint density at radius 3 is 1.94 bits per heavy atom. The second-order valence-corrected chi connectivity index (χ2v) is 9.08. The molecule has 4 aliphatic heterocycles. The molecule has 4 aliphatic rings. The largest absolute Gasteiger partial charge is 0.498 e. The van der Waals surface area contributed by atoms with Gasteiger partial charge in [0, 0.05) is 20.1 Å². The van der Waals surface area contributed by atoms with Crippen LogP contribution in [0.1, 0.15) is 50.0 Å². The Kier molecular flexibility index (Phi) is 6.67. The molecule has 1 unspecified atom stereocenters. The Balaban J connectivity index is 0.000000135. The fourth-order valence-electron chi connectivity index (χ4n) is 4.60. The lowest BCUT2D eigenvalue weighted by Gasteiger charge is -2.13. The molecule has 4 heterocycles. The van der Waals surface area contributed by atoms with Gasteiger partial charge in [-0.05, 0) is 65.3 Å². The van der Waals surface area contributed by atoms with Crippen LogP contribution in [-0.4, -0.2) is 40.7 Å². The van der Waals surface area contributed by atoms with Crippen molar-refractivity contribution in [2.24, 2.45) is 0 Å². The van der Waals surface area contributed by atoms with Crippen molar-refractivity contribution in [3.63, 3.8) is 0 Å². The van der Waals surface area contributed by atoms with Crippen LogP contribution in [0, 0.1) is 9.39 Å². The van der Waals surface area contributed by atoms with Gasteiger partial charge >= 0.3 is 14.2 Å². The first-order chi connectivity index (χ1) is 15.6. The van der Waals surface area contributed by atoms with Crippen LogP contribution in [-0.2, 0) is 18.6 Å². The molecule has 0 fully saturated rings. The molecule has 0 aliphatic carbocycles. The Morgan fingerprint density at radius 2 is 1.34 bits per heavy atom. The fraction of sp³-hybridized carbons (Fsp3) is 0.455. The van der Waals surface area contributed by atoms with Gasteiger partial charge in [0.15, 0.2) is 0 Å². The lowest BCUT2D eigenvalue weighted by molar-refractivity contribution is 0.139. The van der Waals surface area contributed by atoms with Crippen molar-refractivity contribution in [1.82, 2.24) is 0 Å². The molecule has 0 saturated heterocycles. The van der Waals surface area contributed by atoms with Crippen molar-refractivity contribution in [2.75, 3.05) is 26.4 Å². The van der Waals surface area contributed by atoms with Crippen molar-refractivity contribution >= 4 is 47.8 Å². The molecule has 0 aromatic heterocycles. The Bertz CT molecular complexity index is 929. The zero-order valence-electron chi connectivity index (χ0n) is 18.1. The van der Waals surface area contributed by atoms with Crippen molar-refractivity contribution < 1.29 is 32.5 Å². The molecule has 2 atom stereocenters. The van der Waals surface area contributed by atoms with Crippen LogP contribution in [0.15, 0.2) is 24.3 Å². The average Bonchev–Trinajstić information content (AvgIpc) is 3.22. The third-order valence-electron chi connectivity index (χ3n) is 6.04. The van der Waals surface area contributed by atoms with Crippen molar-refractivity contribution in [2.45, 2.75) is 38.9 Å². The molecule has 0 amide bonds. The number of ether oxygens (including phenoxy) is 2. The fourth-order valence-corrected chi connectivity index (χ4v) is 5.42. The van der Waals surface area contributed by atoms with Crippen LogP contribution in [0.5, 0.6) is 11.5 Å². The maximum atomic E-state index is 13.8. The van der Waals surface area contributed by atoms with E-state index in [-0.39, 0.29) is 25.1 Å². The van der Waals surface area contributed by atoms with E-state index in [9.17, 15) is 4.39 Å². The maximum Gasteiger partial charge on any atom is 0.498 e. The second kappa shape index (κ2) is 9.50. The molecular formula is C22H24B2FIO6. The molecule has 10 heteroatoms. The van der Waals surface area contributed by atoms with E-state index >= 15 is 0 Å². The molecule has 168 valence electrons. The first kappa shape index (κ1) is 22.5. The van der Waals surface area contributed by atoms with E-state index in [1.807, 2.05) is 13.0 Å². The number of rotatable bonds is 2. The second-order valence-electron chi connectivity index (χ2n) is 7.91. The molecule has 2 aromatic carbocycles. The summed E-state index contributed by atoms with van der Waals surface area (Å²) in [6, 6.07) is 7.20. The predicted molar refractivity (Wildman–Crippen MR) is 127 cm³/mol. The molecule has 6 nitrogen and oxygen atoms in total. The molecule has 0 N–H and O–H groups in total. The van der Waals surface area contributed by atoms with Crippen molar-refractivity contribution in [3.05, 3.63) is 44.8 Å². The van der Waals surface area contributed by atoms with E-state index in [4.69, 9.17) is 28.1 Å². The van der Waals surface area contributed by atoms with Crippen molar-refractivity contribution in [3.8, 4) is 11.5 Å². The molecule has 0 radical (unpaired) electrons. The molecule has 6 rings (SSSR count). The zero-order chi connectivity index (χ0) is 22.2. The van der Waals surface area contributed by atoms with E-state index in [1.54, 1.807) is 6.07 Å². The normalized spacial score (nSPS) is 22.6. The molecular weight excluding hydrogens is 528 g/mol. The van der Waals surface area contributed by atoms with Crippen LogP contribution in [0.2, 0.25) is 0 Å². The summed E-state index contributed by atoms with van der Waals surface area (Å²) in [7, 11) is -0.694. The zero-order valence-corrected chi connectivity index (χ0v) is 20.2. The first-order valence-corrected chi connectivity index (χ1v) is 12.1. The number of halogens is 2. The summed E-state index contributed by atoms with van der Waals surface area (Å²) in [5.41, 5.74) is 3.71. The smallest absolute Gasteiger partial charge is 0.492 e. The van der Waals surface area contributed by atoms with E-state index in [1.165, 1.54) is 15.2 Å². The Hall–Kier alpha value is -1.33. The quantitative estimate of drug-likeness (QED) is 0.422. The first-order valence-electron chi connectivity index (χ1n) is 11.1. The van der Waals surface area contributed by atoms with Gasteiger partial charge in [-0.15, -0.1) is 0 Å². The summed E-state index contributed by atoms with van der Waals surface area (Å²) in [5, 5.41) is 0. The Morgan fingerprint density at radius 1 is 0.812 bits per heavy atom. The third kappa shape index (κ3) is 3.94. The van der Waals surface area contributed by atoms with Crippen LogP contribution in [0.25, 0.3) is 0 Å². The van der Waals surface area contributed by atoms with Crippen LogP contribution in [0.3, 0.4) is 0 Å². The van der Waals surface area contributed by atoms with E-state index in [0.29, 0.717) is 37.7 Å². The molecule has 0 bridgehead atoms. The Labute approximate surface area is 201 Å². The minimum atomic E-state index is -0.465. The summed E-state index contributed by atoms with van der Waals surface area (Å²) in [6.07, 6.45) is 1.62. The summed E-state index contributed by atoms with van der Waals surface area (Å²) in [6.45, 7) is 6.24. The van der Waals surface area contributed by atoms with Crippen molar-refractivity contribution in [1.29, 1.82) is 0 Å². The molecule has 0 saturated carbocycles. The summed E-state index contributed by atoms with van der Waals surface area (Å²) in [5.74, 6) is 1.38. The standard InChI is InChI=1S/C11H12BFO3.C11H12BIO3/c2*1-2-8-10-7(13)3-4-9-11(10)12(16-8)15-6-5-14-9/h2*3-4,8H,2,5-6H2,1H3/t;8-/m.1/s1.